The molecule has 0 bridgehead atoms. The third kappa shape index (κ3) is 6.64. The lowest BCUT2D eigenvalue weighted by Gasteiger charge is -2.44. The van der Waals surface area contributed by atoms with Gasteiger partial charge in [0.25, 0.3) is 6.43 Å². The standard InChI is InChI=1S/C33H32F4N8O3/c1-48-26-13-22(34)21(12-23(26)35)24-11-20(25(14-39-24)44-9-5-8-33(38,16-44)29(47)30(36)37)15-45-18-42-28-31(40-17-41-32(28)45)43-27(46)10-19-6-3-2-4-7-19/h2-4,6-7,11-14,17-18,29-30,47H,5,8-10,15-16,38H2,1H3,(H,40,41,43,46)/t29-,33-/m1/s1. The zero-order valence-corrected chi connectivity index (χ0v) is 25.8. The van der Waals surface area contributed by atoms with Crippen LogP contribution in [-0.4, -0.2) is 73.8 Å². The molecule has 2 atom stereocenters. The highest BCUT2D eigenvalue weighted by Crippen LogP contribution is 2.35. The first-order chi connectivity index (χ1) is 23.1. The van der Waals surface area contributed by atoms with Crippen molar-refractivity contribution >= 4 is 28.6 Å². The van der Waals surface area contributed by atoms with Crippen molar-refractivity contribution in [2.75, 3.05) is 30.4 Å². The molecule has 1 aliphatic rings. The Kier molecular flexibility index (Phi) is 9.24. The number of rotatable bonds is 10. The number of methoxy groups -OCH3 is 1. The number of fused-ring (bicyclic) bond motifs is 1. The number of aromatic nitrogens is 5. The van der Waals surface area contributed by atoms with Gasteiger partial charge in [-0.1, -0.05) is 30.3 Å². The van der Waals surface area contributed by atoms with Crippen molar-refractivity contribution in [3.05, 3.63) is 90.1 Å². The zero-order valence-electron chi connectivity index (χ0n) is 25.8. The highest BCUT2D eigenvalue weighted by atomic mass is 19.3. The number of anilines is 2. The Hall–Kier alpha value is -5.15. The van der Waals surface area contributed by atoms with Crippen LogP contribution in [0.4, 0.5) is 29.1 Å². The smallest absolute Gasteiger partial charge is 0.265 e. The number of benzene rings is 2. The second-order valence-electron chi connectivity index (χ2n) is 11.7. The fourth-order valence-electron chi connectivity index (χ4n) is 5.97. The Labute approximate surface area is 272 Å². The predicted octanol–water partition coefficient (Wildman–Crippen LogP) is 4.33. The number of aliphatic hydroxyl groups excluding tert-OH is 1. The van der Waals surface area contributed by atoms with Gasteiger partial charge in [0.15, 0.2) is 28.5 Å². The fourth-order valence-corrected chi connectivity index (χ4v) is 5.97. The molecule has 0 saturated carbocycles. The molecule has 48 heavy (non-hydrogen) atoms. The summed E-state index contributed by atoms with van der Waals surface area (Å²) in [4.78, 5) is 32.0. The van der Waals surface area contributed by atoms with Crippen LogP contribution in [0.15, 0.2) is 67.4 Å². The predicted molar refractivity (Wildman–Crippen MR) is 170 cm³/mol. The summed E-state index contributed by atoms with van der Waals surface area (Å²) < 4.78 is 63.5. The number of carbonyl (C=O) groups is 1. The van der Waals surface area contributed by atoms with E-state index in [1.165, 1.54) is 26.0 Å². The third-order valence-electron chi connectivity index (χ3n) is 8.41. The number of amides is 1. The fraction of sp³-hybridized carbons (Fsp3) is 0.303. The largest absolute Gasteiger partial charge is 0.494 e. The van der Waals surface area contributed by atoms with Crippen molar-refractivity contribution < 1.29 is 32.2 Å². The molecule has 4 heterocycles. The van der Waals surface area contributed by atoms with E-state index in [1.54, 1.807) is 15.5 Å². The Morgan fingerprint density at radius 3 is 2.65 bits per heavy atom. The van der Waals surface area contributed by atoms with Crippen LogP contribution < -0.4 is 20.7 Å². The lowest BCUT2D eigenvalue weighted by Crippen LogP contribution is -2.63. The number of aliphatic hydroxyl groups is 1. The highest BCUT2D eigenvalue weighted by Gasteiger charge is 2.43. The number of piperidine rings is 1. The van der Waals surface area contributed by atoms with Crippen LogP contribution in [0.3, 0.4) is 0 Å². The second kappa shape index (κ2) is 13.5. The molecule has 4 N–H and O–H groups in total. The Morgan fingerprint density at radius 1 is 1.10 bits per heavy atom. The maximum atomic E-state index is 15.1. The van der Waals surface area contributed by atoms with Crippen molar-refractivity contribution in [1.29, 1.82) is 0 Å². The summed E-state index contributed by atoms with van der Waals surface area (Å²) in [6, 6.07) is 12.7. The van der Waals surface area contributed by atoms with E-state index < -0.39 is 29.7 Å². The Balaban J connectivity index is 1.37. The van der Waals surface area contributed by atoms with E-state index in [0.717, 1.165) is 17.7 Å². The molecule has 250 valence electrons. The molecule has 5 aromatic rings. The number of hydrogen-bond acceptors (Lipinski definition) is 9. The van der Waals surface area contributed by atoms with E-state index in [-0.39, 0.29) is 54.7 Å². The monoisotopic (exact) mass is 664 g/mol. The van der Waals surface area contributed by atoms with Gasteiger partial charge in [0.1, 0.15) is 18.2 Å². The lowest BCUT2D eigenvalue weighted by atomic mass is 9.84. The van der Waals surface area contributed by atoms with Gasteiger partial charge in [-0.15, -0.1) is 0 Å². The van der Waals surface area contributed by atoms with Gasteiger partial charge in [0.2, 0.25) is 5.91 Å². The number of halogens is 4. The Bertz CT molecular complexity index is 1940. The average Bonchev–Trinajstić information content (AvgIpc) is 3.49. The number of alkyl halides is 2. The minimum absolute atomic E-state index is 0.0709. The number of ether oxygens (including phenoxy) is 1. The van der Waals surface area contributed by atoms with E-state index in [0.29, 0.717) is 35.4 Å². The van der Waals surface area contributed by atoms with E-state index in [1.807, 2.05) is 30.3 Å². The maximum absolute atomic E-state index is 15.1. The lowest BCUT2D eigenvalue weighted by molar-refractivity contribution is -0.115. The molecule has 2 aromatic carbocycles. The number of carbonyl (C=O) groups excluding carboxylic acids is 1. The maximum Gasteiger partial charge on any atom is 0.265 e. The van der Waals surface area contributed by atoms with Gasteiger partial charge in [-0.2, -0.15) is 0 Å². The molecule has 0 radical (unpaired) electrons. The van der Waals surface area contributed by atoms with Gasteiger partial charge in [-0.3, -0.25) is 9.78 Å². The summed E-state index contributed by atoms with van der Waals surface area (Å²) in [5.41, 5.74) is 7.21. The molecule has 11 nitrogen and oxygen atoms in total. The minimum Gasteiger partial charge on any atom is -0.494 e. The highest BCUT2D eigenvalue weighted by molar-refractivity contribution is 5.97. The number of nitrogens with zero attached hydrogens (tertiary/aromatic N) is 6. The van der Waals surface area contributed by atoms with Gasteiger partial charge in [-0.25, -0.2) is 32.5 Å². The van der Waals surface area contributed by atoms with E-state index >= 15 is 4.39 Å². The molecule has 3 aromatic heterocycles. The molecule has 0 unspecified atom stereocenters. The number of pyridine rings is 1. The van der Waals surface area contributed by atoms with Crippen molar-refractivity contribution in [3.63, 3.8) is 0 Å². The van der Waals surface area contributed by atoms with Gasteiger partial charge in [0.05, 0.1) is 49.5 Å². The second-order valence-corrected chi connectivity index (χ2v) is 11.7. The van der Waals surface area contributed by atoms with Crippen LogP contribution in [0.5, 0.6) is 5.75 Å². The SMILES string of the molecule is COc1cc(F)c(-c2cc(Cn3cnc4c(NC(=O)Cc5ccccc5)ncnc43)c(N3CCC[C@](N)([C@H](O)C(F)F)C3)cn2)cc1F. The van der Waals surface area contributed by atoms with Crippen molar-refractivity contribution in [2.24, 2.45) is 5.73 Å². The van der Waals surface area contributed by atoms with Crippen molar-refractivity contribution in [2.45, 2.75) is 43.9 Å². The summed E-state index contributed by atoms with van der Waals surface area (Å²) >= 11 is 0. The van der Waals surface area contributed by atoms with Crippen LogP contribution in [0.1, 0.15) is 24.0 Å². The zero-order chi connectivity index (χ0) is 34.0. The van der Waals surface area contributed by atoms with Crippen LogP contribution in [0, 0.1) is 11.6 Å². The van der Waals surface area contributed by atoms with E-state index in [4.69, 9.17) is 10.5 Å². The molecule has 1 fully saturated rings. The number of nitrogens with one attached hydrogen (secondary N) is 1. The topological polar surface area (TPSA) is 144 Å². The summed E-state index contributed by atoms with van der Waals surface area (Å²) in [5.74, 6) is -1.92. The van der Waals surface area contributed by atoms with Crippen molar-refractivity contribution in [1.82, 2.24) is 24.5 Å². The molecule has 0 aliphatic carbocycles. The van der Waals surface area contributed by atoms with Crippen molar-refractivity contribution in [3.8, 4) is 17.0 Å². The first-order valence-electron chi connectivity index (χ1n) is 15.1. The molecule has 15 heteroatoms. The van der Waals surface area contributed by atoms with Gasteiger partial charge in [-0.05, 0) is 36.1 Å². The average molecular weight is 665 g/mol. The first-order valence-corrected chi connectivity index (χ1v) is 15.1. The van der Waals surface area contributed by atoms with Crippen LogP contribution in [0.2, 0.25) is 0 Å². The first kappa shape index (κ1) is 32.8. The normalized spacial score (nSPS) is 17.1. The number of imidazole rings is 1. The summed E-state index contributed by atoms with van der Waals surface area (Å²) in [5, 5.41) is 13.1. The number of hydrogen-bond donors (Lipinski definition) is 3. The molecular weight excluding hydrogens is 632 g/mol. The van der Waals surface area contributed by atoms with Crippen LogP contribution >= 0.6 is 0 Å². The minimum atomic E-state index is -3.04. The quantitative estimate of drug-likeness (QED) is 0.186. The molecule has 6 rings (SSSR count). The van der Waals surface area contributed by atoms with E-state index in [2.05, 4.69) is 25.3 Å². The molecule has 1 amide bonds. The van der Waals surface area contributed by atoms with Gasteiger partial charge in [0, 0.05) is 24.7 Å². The number of nitrogens with two attached hydrogens (primary N) is 1. The Morgan fingerprint density at radius 2 is 1.90 bits per heavy atom. The molecular formula is C33H32F4N8O3. The van der Waals surface area contributed by atoms with Gasteiger partial charge >= 0.3 is 0 Å². The van der Waals surface area contributed by atoms with Crippen LogP contribution in [-0.2, 0) is 17.8 Å². The molecule has 1 saturated heterocycles. The van der Waals surface area contributed by atoms with E-state index in [9.17, 15) is 23.1 Å². The molecule has 1 aliphatic heterocycles. The summed E-state index contributed by atoms with van der Waals surface area (Å²) in [7, 11) is 1.23. The van der Waals surface area contributed by atoms with Crippen LogP contribution in [0.25, 0.3) is 22.4 Å². The summed E-state index contributed by atoms with van der Waals surface area (Å²) in [6.45, 7) is 0.378. The molecule has 0 spiro atoms. The third-order valence-corrected chi connectivity index (χ3v) is 8.41. The van der Waals surface area contributed by atoms with Gasteiger partial charge < -0.3 is 30.4 Å². The summed E-state index contributed by atoms with van der Waals surface area (Å²) in [6.07, 6.45) is -0.173.